The third kappa shape index (κ3) is 2.26. The second-order valence-corrected chi connectivity index (χ2v) is 11.4. The van der Waals surface area contributed by atoms with Crippen molar-refractivity contribution in [2.45, 2.75) is 8.65 Å². The Kier molecular flexibility index (Phi) is 4.15. The Bertz CT molecular complexity index is 1200. The molecule has 4 aliphatic rings. The fourth-order valence-corrected chi connectivity index (χ4v) is 8.14. The third-order valence-electron chi connectivity index (χ3n) is 6.75. The number of alkyl halides is 2. The molecule has 2 atom stereocenters. The van der Waals surface area contributed by atoms with Crippen molar-refractivity contribution in [1.82, 2.24) is 0 Å². The molecule has 0 spiro atoms. The highest BCUT2D eigenvalue weighted by atomic mass is 79.9. The molecular weight excluding hydrogens is 565 g/mol. The van der Waals surface area contributed by atoms with Gasteiger partial charge < -0.3 is 0 Å². The smallest absolute Gasteiger partial charge is 0.239 e. The zero-order valence-electron chi connectivity index (χ0n) is 15.8. The lowest BCUT2D eigenvalue weighted by molar-refractivity contribution is -0.122. The van der Waals surface area contributed by atoms with Crippen LogP contribution in [0.3, 0.4) is 0 Å². The predicted molar refractivity (Wildman–Crippen MR) is 128 cm³/mol. The van der Waals surface area contributed by atoms with E-state index in [1.54, 1.807) is 18.2 Å². The topological polar surface area (TPSA) is 37.4 Å². The van der Waals surface area contributed by atoms with Crippen molar-refractivity contribution < 1.29 is 9.59 Å². The van der Waals surface area contributed by atoms with Crippen LogP contribution in [-0.2, 0) is 18.2 Å². The summed E-state index contributed by atoms with van der Waals surface area (Å²) < 4.78 is -1.61. The van der Waals surface area contributed by atoms with Gasteiger partial charge in [-0.15, -0.1) is 0 Å². The molecule has 1 heterocycles. The molecule has 0 N–H and O–H groups in total. The first-order chi connectivity index (χ1) is 14.8. The van der Waals surface area contributed by atoms with Crippen LogP contribution in [0, 0.1) is 11.8 Å². The minimum atomic E-state index is -0.807. The van der Waals surface area contributed by atoms with Crippen molar-refractivity contribution >= 4 is 72.6 Å². The van der Waals surface area contributed by atoms with Crippen molar-refractivity contribution in [1.29, 1.82) is 0 Å². The average molecular weight is 578 g/mol. The van der Waals surface area contributed by atoms with E-state index < -0.39 is 20.5 Å². The summed E-state index contributed by atoms with van der Waals surface area (Å²) in [7, 11) is 0. The van der Waals surface area contributed by atoms with Crippen LogP contribution in [0.5, 0.6) is 0 Å². The van der Waals surface area contributed by atoms with E-state index in [1.165, 1.54) is 4.90 Å². The predicted octanol–water partition coefficient (Wildman–Crippen LogP) is 6.40. The molecule has 3 aromatic rings. The highest BCUT2D eigenvalue weighted by molar-refractivity contribution is 9.10. The second-order valence-electron chi connectivity index (χ2n) is 8.08. The highest BCUT2D eigenvalue weighted by Crippen LogP contribution is 2.70. The number of benzene rings is 3. The molecule has 2 amide bonds. The molecule has 31 heavy (non-hydrogen) atoms. The van der Waals surface area contributed by atoms with E-state index in [4.69, 9.17) is 23.2 Å². The Balaban J connectivity index is 1.65. The Morgan fingerprint density at radius 3 is 1.48 bits per heavy atom. The van der Waals surface area contributed by atoms with Crippen LogP contribution in [0.15, 0.2) is 66.7 Å². The van der Waals surface area contributed by atoms with E-state index >= 15 is 0 Å². The van der Waals surface area contributed by atoms with Crippen molar-refractivity contribution in [3.63, 3.8) is 0 Å². The van der Waals surface area contributed by atoms with Gasteiger partial charge in [-0.2, -0.15) is 0 Å². The fraction of sp³-hybridized carbons (Fsp3) is 0.167. The number of nitrogens with zero attached hydrogens (tertiary/aromatic N) is 1. The Hall–Kier alpha value is -1.66. The minimum absolute atomic E-state index is 0.252. The summed E-state index contributed by atoms with van der Waals surface area (Å²) in [6, 6.07) is 20.8. The maximum atomic E-state index is 13.9. The van der Waals surface area contributed by atoms with Crippen LogP contribution in [0.1, 0.15) is 22.3 Å². The first-order valence-electron chi connectivity index (χ1n) is 9.72. The minimum Gasteiger partial charge on any atom is -0.274 e. The monoisotopic (exact) mass is 575 g/mol. The van der Waals surface area contributed by atoms with Crippen LogP contribution in [0.4, 0.5) is 5.69 Å². The lowest BCUT2D eigenvalue weighted by atomic mass is 9.54. The molecule has 7 heteroatoms. The van der Waals surface area contributed by atoms with Gasteiger partial charge in [-0.1, -0.05) is 104 Å². The molecule has 2 bridgehead atoms. The summed E-state index contributed by atoms with van der Waals surface area (Å²) in [4.78, 5) is 29.0. The van der Waals surface area contributed by atoms with Crippen LogP contribution in [0.25, 0.3) is 0 Å². The first kappa shape index (κ1) is 20.0. The lowest BCUT2D eigenvalue weighted by Gasteiger charge is -2.55. The lowest BCUT2D eigenvalue weighted by Crippen LogP contribution is -2.56. The van der Waals surface area contributed by atoms with Crippen LogP contribution in [0.2, 0.25) is 10.0 Å². The number of halogens is 4. The normalized spacial score (nSPS) is 30.3. The van der Waals surface area contributed by atoms with Crippen molar-refractivity contribution in [2.24, 2.45) is 11.8 Å². The zero-order valence-corrected chi connectivity index (χ0v) is 20.5. The van der Waals surface area contributed by atoms with E-state index in [2.05, 4.69) is 31.9 Å². The van der Waals surface area contributed by atoms with Crippen LogP contribution in [-0.4, -0.2) is 11.8 Å². The maximum absolute atomic E-state index is 13.9. The van der Waals surface area contributed by atoms with E-state index in [0.717, 1.165) is 22.3 Å². The van der Waals surface area contributed by atoms with Gasteiger partial charge in [-0.05, 0) is 40.5 Å². The quantitative estimate of drug-likeness (QED) is 0.248. The number of anilines is 1. The summed E-state index contributed by atoms with van der Waals surface area (Å²) in [6.45, 7) is 0. The van der Waals surface area contributed by atoms with E-state index in [1.807, 2.05) is 48.5 Å². The summed E-state index contributed by atoms with van der Waals surface area (Å²) in [5.41, 5.74) is 4.44. The second kappa shape index (κ2) is 6.44. The van der Waals surface area contributed by atoms with Crippen molar-refractivity contribution in [3.05, 3.63) is 99.0 Å². The molecule has 1 saturated heterocycles. The number of imide groups is 1. The standard InChI is InChI=1S/C24H13Br2Cl2NO2/c25-23-13-5-1-2-6-14(13)24(26,16-8-4-3-7-15(16)23)20-19(23)21(30)29(22(20)31)12-9-10-17(27)18(28)11-12/h1-11,19-20H/t19-,20+,23?,24?. The van der Waals surface area contributed by atoms with Gasteiger partial charge in [0.05, 0.1) is 36.2 Å². The number of carbonyl (C=O) groups excluding carboxylic acids is 2. The van der Waals surface area contributed by atoms with E-state index in [9.17, 15) is 9.59 Å². The molecule has 3 nitrogen and oxygen atoms in total. The maximum Gasteiger partial charge on any atom is 0.239 e. The summed E-state index contributed by atoms with van der Waals surface area (Å²) in [6.07, 6.45) is 0. The highest BCUT2D eigenvalue weighted by Gasteiger charge is 2.72. The molecule has 1 aliphatic heterocycles. The number of hydrogen-bond acceptors (Lipinski definition) is 2. The molecule has 0 unspecified atom stereocenters. The fourth-order valence-electron chi connectivity index (χ4n) is 5.55. The van der Waals surface area contributed by atoms with Gasteiger partial charge in [-0.25, -0.2) is 4.90 Å². The number of amides is 2. The number of rotatable bonds is 1. The van der Waals surface area contributed by atoms with Crippen molar-refractivity contribution in [2.75, 3.05) is 4.90 Å². The molecule has 0 saturated carbocycles. The van der Waals surface area contributed by atoms with Gasteiger partial charge in [0.2, 0.25) is 11.8 Å². The molecule has 3 aromatic carbocycles. The molecule has 154 valence electrons. The number of hydrogen-bond donors (Lipinski definition) is 0. The molecule has 3 aliphatic carbocycles. The van der Waals surface area contributed by atoms with Gasteiger partial charge in [0, 0.05) is 0 Å². The van der Waals surface area contributed by atoms with Crippen LogP contribution >= 0.6 is 55.1 Å². The molecule has 0 radical (unpaired) electrons. The number of carbonyl (C=O) groups is 2. The Morgan fingerprint density at radius 2 is 1.10 bits per heavy atom. The first-order valence-corrected chi connectivity index (χ1v) is 12.1. The SMILES string of the molecule is O=C1[C@@H]2[C@H](C(=O)N1c1ccc(Cl)c(Cl)c1)C1(Br)c3ccccc3C2(Br)c2ccccc21. The molecular formula is C24H13Br2Cl2NO2. The third-order valence-corrected chi connectivity index (χ3v) is 10.2. The van der Waals surface area contributed by atoms with Gasteiger partial charge in [0.25, 0.3) is 0 Å². The van der Waals surface area contributed by atoms with Gasteiger partial charge in [0.1, 0.15) is 0 Å². The molecule has 7 rings (SSSR count). The zero-order chi connectivity index (χ0) is 21.7. The molecule has 0 aromatic heterocycles. The van der Waals surface area contributed by atoms with Gasteiger partial charge in [0.15, 0.2) is 0 Å². The van der Waals surface area contributed by atoms with Crippen molar-refractivity contribution in [3.8, 4) is 0 Å². The Labute approximate surface area is 205 Å². The van der Waals surface area contributed by atoms with Crippen LogP contribution < -0.4 is 4.90 Å². The Morgan fingerprint density at radius 1 is 0.677 bits per heavy atom. The van der Waals surface area contributed by atoms with E-state index in [-0.39, 0.29) is 11.8 Å². The summed E-state index contributed by atoms with van der Waals surface area (Å²) in [5, 5.41) is 0.669. The largest absolute Gasteiger partial charge is 0.274 e. The molecule has 1 fully saturated rings. The summed E-state index contributed by atoms with van der Waals surface area (Å²) in [5.74, 6) is -1.73. The van der Waals surface area contributed by atoms with E-state index in [0.29, 0.717) is 15.7 Å². The average Bonchev–Trinajstić information content (AvgIpc) is 3.05. The van der Waals surface area contributed by atoms with Gasteiger partial charge in [-0.3, -0.25) is 9.59 Å². The van der Waals surface area contributed by atoms with Gasteiger partial charge >= 0.3 is 0 Å². The summed E-state index contributed by atoms with van der Waals surface area (Å²) >= 11 is 20.3.